The zero-order chi connectivity index (χ0) is 29.4. The van der Waals surface area contributed by atoms with Gasteiger partial charge >= 0.3 is 0 Å². The summed E-state index contributed by atoms with van der Waals surface area (Å²) in [4.78, 5) is 28.6. The lowest BCUT2D eigenvalue weighted by molar-refractivity contribution is -0.118. The molecule has 2 aromatic carbocycles. The van der Waals surface area contributed by atoms with E-state index in [9.17, 15) is 19.8 Å². The van der Waals surface area contributed by atoms with Crippen LogP contribution in [-0.4, -0.2) is 85.2 Å². The van der Waals surface area contributed by atoms with E-state index in [1.165, 1.54) is 12.0 Å². The van der Waals surface area contributed by atoms with Crippen molar-refractivity contribution < 1.29 is 38.4 Å². The Morgan fingerprint density at radius 2 is 1.95 bits per heavy atom. The summed E-state index contributed by atoms with van der Waals surface area (Å²) in [6, 6.07) is 13.6. The van der Waals surface area contributed by atoms with Crippen LogP contribution in [0.25, 0.3) is 11.0 Å². The molecule has 0 bridgehead atoms. The first-order valence-electron chi connectivity index (χ1n) is 13.5. The first kappa shape index (κ1) is 30.8. The SMILES string of the molecule is CCOCCCN(C(=O)c1cc2cccc(OC)c2o1)[C@@H]1CC(C(=O)NCCO)=C[C@H](Oc2ccccc2I)[C@H]1O. The Bertz CT molecular complexity index is 1370. The summed E-state index contributed by atoms with van der Waals surface area (Å²) >= 11 is 2.14. The van der Waals surface area contributed by atoms with Crippen molar-refractivity contribution in [2.24, 2.45) is 0 Å². The number of fused-ring (bicyclic) bond motifs is 1. The molecule has 2 amide bonds. The van der Waals surface area contributed by atoms with Crippen molar-refractivity contribution in [1.29, 1.82) is 0 Å². The van der Waals surface area contributed by atoms with Gasteiger partial charge in [-0.25, -0.2) is 0 Å². The van der Waals surface area contributed by atoms with Gasteiger partial charge in [0.2, 0.25) is 5.91 Å². The molecule has 3 atom stereocenters. The van der Waals surface area contributed by atoms with E-state index in [0.29, 0.717) is 47.7 Å². The summed E-state index contributed by atoms with van der Waals surface area (Å²) in [5.41, 5.74) is 0.791. The number of para-hydroxylation sites is 2. The third kappa shape index (κ3) is 7.39. The number of hydrogen-bond acceptors (Lipinski definition) is 8. The summed E-state index contributed by atoms with van der Waals surface area (Å²) in [7, 11) is 1.53. The Morgan fingerprint density at radius 1 is 1.17 bits per heavy atom. The van der Waals surface area contributed by atoms with Gasteiger partial charge in [0, 0.05) is 43.7 Å². The molecule has 0 saturated carbocycles. The molecule has 10 nitrogen and oxygen atoms in total. The molecule has 0 spiro atoms. The number of furan rings is 1. The Balaban J connectivity index is 1.70. The van der Waals surface area contributed by atoms with Gasteiger partial charge < -0.3 is 39.1 Å². The number of carbonyl (C=O) groups excluding carboxylic acids is 2. The van der Waals surface area contributed by atoms with Gasteiger partial charge in [0.15, 0.2) is 17.1 Å². The molecule has 4 rings (SSSR count). The molecule has 0 fully saturated rings. The second kappa shape index (κ2) is 14.7. The van der Waals surface area contributed by atoms with Gasteiger partial charge in [-0.05, 0) is 66.3 Å². The van der Waals surface area contributed by atoms with Gasteiger partial charge in [0.05, 0.1) is 23.3 Å². The molecule has 0 radical (unpaired) electrons. The van der Waals surface area contributed by atoms with E-state index in [0.717, 1.165) is 3.57 Å². The lowest BCUT2D eigenvalue weighted by Gasteiger charge is -2.40. The zero-order valence-corrected chi connectivity index (χ0v) is 25.2. The Hall–Kier alpha value is -3.13. The number of hydrogen-bond donors (Lipinski definition) is 3. The average Bonchev–Trinajstić information content (AvgIpc) is 3.43. The van der Waals surface area contributed by atoms with Gasteiger partial charge in [-0.1, -0.05) is 24.3 Å². The number of rotatable bonds is 13. The highest BCUT2D eigenvalue weighted by Gasteiger charge is 2.41. The molecule has 41 heavy (non-hydrogen) atoms. The molecule has 220 valence electrons. The summed E-state index contributed by atoms with van der Waals surface area (Å²) in [6.45, 7) is 2.94. The molecular weight excluding hydrogens is 643 g/mol. The summed E-state index contributed by atoms with van der Waals surface area (Å²) in [5, 5.41) is 24.2. The van der Waals surface area contributed by atoms with E-state index in [2.05, 4.69) is 27.9 Å². The molecule has 3 N–H and O–H groups in total. The molecule has 0 saturated heterocycles. The Kier molecular flexibility index (Phi) is 11.0. The van der Waals surface area contributed by atoms with Crippen molar-refractivity contribution in [2.45, 2.75) is 38.0 Å². The third-order valence-corrected chi connectivity index (χ3v) is 7.70. The number of methoxy groups -OCH3 is 1. The summed E-state index contributed by atoms with van der Waals surface area (Å²) in [5.74, 6) is 0.294. The van der Waals surface area contributed by atoms with E-state index in [-0.39, 0.29) is 31.9 Å². The molecule has 11 heteroatoms. The number of halogens is 1. The standard InChI is InChI=1S/C30H35IN2O8/c1-3-39-15-7-13-33(30(37)26-17-19-8-6-11-24(38-2)28(19)41-26)22-16-20(29(36)32-12-14-34)18-25(27(22)35)40-23-10-5-4-9-21(23)31/h4-6,8-11,17-18,22,25,27,34-35H,3,7,12-16H2,1-2H3,(H,32,36)/t22-,25+,27+/m1/s1. The monoisotopic (exact) mass is 678 g/mol. The highest BCUT2D eigenvalue weighted by atomic mass is 127. The Labute approximate surface area is 252 Å². The second-order valence-electron chi connectivity index (χ2n) is 9.48. The van der Waals surface area contributed by atoms with Crippen LogP contribution in [0.5, 0.6) is 11.5 Å². The zero-order valence-electron chi connectivity index (χ0n) is 23.0. The van der Waals surface area contributed by atoms with Crippen LogP contribution in [0.1, 0.15) is 30.3 Å². The number of carbonyl (C=O) groups is 2. The lowest BCUT2D eigenvalue weighted by Crippen LogP contribution is -2.55. The number of benzene rings is 2. The van der Waals surface area contributed by atoms with Crippen LogP contribution in [0.3, 0.4) is 0 Å². The van der Waals surface area contributed by atoms with Crippen LogP contribution in [0.4, 0.5) is 0 Å². The maximum Gasteiger partial charge on any atom is 0.289 e. The van der Waals surface area contributed by atoms with Gasteiger partial charge in [-0.2, -0.15) is 0 Å². The van der Waals surface area contributed by atoms with Crippen LogP contribution in [0, 0.1) is 3.57 Å². The summed E-state index contributed by atoms with van der Waals surface area (Å²) in [6.07, 6.45) is 0.0947. The molecular formula is C30H35IN2O8. The molecule has 0 aliphatic heterocycles. The second-order valence-corrected chi connectivity index (χ2v) is 10.6. The first-order valence-corrected chi connectivity index (χ1v) is 14.6. The largest absolute Gasteiger partial charge is 0.493 e. The molecule has 0 unspecified atom stereocenters. The van der Waals surface area contributed by atoms with E-state index >= 15 is 0 Å². The van der Waals surface area contributed by atoms with Crippen LogP contribution < -0.4 is 14.8 Å². The fourth-order valence-corrected chi connectivity index (χ4v) is 5.32. The number of ether oxygens (including phenoxy) is 3. The van der Waals surface area contributed by atoms with Crippen molar-refractivity contribution in [2.75, 3.05) is 40.0 Å². The minimum Gasteiger partial charge on any atom is -0.493 e. The minimum absolute atomic E-state index is 0.0727. The van der Waals surface area contributed by atoms with Crippen molar-refractivity contribution in [1.82, 2.24) is 10.2 Å². The van der Waals surface area contributed by atoms with Crippen LogP contribution >= 0.6 is 22.6 Å². The molecule has 1 aromatic heterocycles. The van der Waals surface area contributed by atoms with Gasteiger partial charge in [-0.15, -0.1) is 0 Å². The normalized spacial score (nSPS) is 18.6. The maximum atomic E-state index is 14.0. The van der Waals surface area contributed by atoms with E-state index in [4.69, 9.17) is 18.6 Å². The van der Waals surface area contributed by atoms with Gasteiger partial charge in [0.25, 0.3) is 5.91 Å². The minimum atomic E-state index is -1.16. The summed E-state index contributed by atoms with van der Waals surface area (Å²) < 4.78 is 23.9. The Morgan fingerprint density at radius 3 is 2.68 bits per heavy atom. The lowest BCUT2D eigenvalue weighted by atomic mass is 9.88. The predicted molar refractivity (Wildman–Crippen MR) is 161 cm³/mol. The highest BCUT2D eigenvalue weighted by molar-refractivity contribution is 14.1. The average molecular weight is 679 g/mol. The topological polar surface area (TPSA) is 131 Å². The van der Waals surface area contributed by atoms with E-state index in [1.807, 2.05) is 37.3 Å². The number of aliphatic hydroxyl groups excluding tert-OH is 2. The van der Waals surface area contributed by atoms with Gasteiger partial charge in [0.1, 0.15) is 18.0 Å². The fraction of sp³-hybridized carbons (Fsp3) is 0.400. The number of aliphatic hydroxyl groups is 2. The van der Waals surface area contributed by atoms with Crippen molar-refractivity contribution in [3.63, 3.8) is 0 Å². The van der Waals surface area contributed by atoms with Gasteiger partial charge in [-0.3, -0.25) is 9.59 Å². The number of nitrogens with one attached hydrogen (secondary N) is 1. The smallest absolute Gasteiger partial charge is 0.289 e. The maximum absolute atomic E-state index is 14.0. The van der Waals surface area contributed by atoms with Crippen molar-refractivity contribution in [3.05, 3.63) is 69.5 Å². The fourth-order valence-electron chi connectivity index (χ4n) is 4.81. The van der Waals surface area contributed by atoms with Crippen LogP contribution in [-0.2, 0) is 9.53 Å². The van der Waals surface area contributed by atoms with Crippen LogP contribution in [0.2, 0.25) is 0 Å². The van der Waals surface area contributed by atoms with E-state index in [1.54, 1.807) is 24.3 Å². The molecule has 1 heterocycles. The number of amides is 2. The van der Waals surface area contributed by atoms with Crippen LogP contribution in [0.15, 0.2) is 64.6 Å². The van der Waals surface area contributed by atoms with Crippen molar-refractivity contribution in [3.8, 4) is 11.5 Å². The first-order chi connectivity index (χ1) is 19.9. The van der Waals surface area contributed by atoms with Crippen molar-refractivity contribution >= 4 is 45.4 Å². The molecule has 1 aliphatic carbocycles. The number of nitrogens with zero attached hydrogens (tertiary/aromatic N) is 1. The quantitative estimate of drug-likeness (QED) is 0.185. The predicted octanol–water partition coefficient (Wildman–Crippen LogP) is 3.53. The highest BCUT2D eigenvalue weighted by Crippen LogP contribution is 2.33. The third-order valence-electron chi connectivity index (χ3n) is 6.81. The molecule has 1 aliphatic rings. The molecule has 3 aromatic rings. The van der Waals surface area contributed by atoms with E-state index < -0.39 is 30.1 Å².